The molecular formula is C10H15N3OS. The molecule has 1 aromatic carbocycles. The number of likely N-dealkylation sites (N-methyl/N-ethyl adjacent to an activating group) is 1. The average Bonchev–Trinajstić information content (AvgIpc) is 2.27. The maximum Gasteiger partial charge on any atom is 0.257 e. The SMILES string of the molecule is CSc1ccc(C(N)C(=O)N(C)N)cc1. The van der Waals surface area contributed by atoms with E-state index in [4.69, 9.17) is 11.6 Å². The number of carbonyl (C=O) groups excluding carboxylic acids is 1. The molecule has 0 radical (unpaired) electrons. The van der Waals surface area contributed by atoms with E-state index in [2.05, 4.69) is 0 Å². The predicted octanol–water partition coefficient (Wildman–Crippen LogP) is 0.740. The van der Waals surface area contributed by atoms with Gasteiger partial charge in [-0.15, -0.1) is 11.8 Å². The summed E-state index contributed by atoms with van der Waals surface area (Å²) in [6.07, 6.45) is 1.99. The van der Waals surface area contributed by atoms with Crippen molar-refractivity contribution in [3.05, 3.63) is 29.8 Å². The Morgan fingerprint density at radius 3 is 2.33 bits per heavy atom. The topological polar surface area (TPSA) is 72.4 Å². The van der Waals surface area contributed by atoms with E-state index in [1.165, 1.54) is 7.05 Å². The van der Waals surface area contributed by atoms with Gasteiger partial charge in [-0.1, -0.05) is 12.1 Å². The van der Waals surface area contributed by atoms with Crippen LogP contribution in [-0.4, -0.2) is 24.2 Å². The second-order valence-corrected chi connectivity index (χ2v) is 4.08. The quantitative estimate of drug-likeness (QED) is 0.344. The first-order valence-electron chi connectivity index (χ1n) is 4.48. The summed E-state index contributed by atoms with van der Waals surface area (Å²) < 4.78 is 0. The highest BCUT2D eigenvalue weighted by Crippen LogP contribution is 2.18. The van der Waals surface area contributed by atoms with Crippen LogP contribution >= 0.6 is 11.8 Å². The predicted molar refractivity (Wildman–Crippen MR) is 62.1 cm³/mol. The summed E-state index contributed by atoms with van der Waals surface area (Å²) in [5, 5.41) is 1.01. The van der Waals surface area contributed by atoms with Gasteiger partial charge in [-0.25, -0.2) is 5.84 Å². The number of carbonyl (C=O) groups is 1. The lowest BCUT2D eigenvalue weighted by Crippen LogP contribution is -2.40. The first kappa shape index (κ1) is 12.0. The zero-order valence-corrected chi connectivity index (χ0v) is 9.62. The Morgan fingerprint density at radius 2 is 1.93 bits per heavy atom. The van der Waals surface area contributed by atoms with Crippen LogP contribution in [0.5, 0.6) is 0 Å². The first-order chi connectivity index (χ1) is 7.06. The third kappa shape index (κ3) is 2.95. The highest BCUT2D eigenvalue weighted by Gasteiger charge is 2.17. The summed E-state index contributed by atoms with van der Waals surface area (Å²) in [4.78, 5) is 12.6. The minimum Gasteiger partial charge on any atom is -0.316 e. The van der Waals surface area contributed by atoms with Gasteiger partial charge in [0.25, 0.3) is 5.91 Å². The van der Waals surface area contributed by atoms with Gasteiger partial charge in [0.05, 0.1) is 0 Å². The first-order valence-corrected chi connectivity index (χ1v) is 5.70. The van der Waals surface area contributed by atoms with Crippen molar-refractivity contribution in [3.63, 3.8) is 0 Å². The molecule has 15 heavy (non-hydrogen) atoms. The van der Waals surface area contributed by atoms with E-state index in [9.17, 15) is 4.79 Å². The molecule has 5 heteroatoms. The average molecular weight is 225 g/mol. The van der Waals surface area contributed by atoms with E-state index in [1.54, 1.807) is 11.8 Å². The monoisotopic (exact) mass is 225 g/mol. The molecule has 1 atom stereocenters. The molecule has 0 spiro atoms. The molecule has 1 rings (SSSR count). The van der Waals surface area contributed by atoms with Crippen LogP contribution in [0.25, 0.3) is 0 Å². The summed E-state index contributed by atoms with van der Waals surface area (Å²) in [7, 11) is 1.48. The van der Waals surface area contributed by atoms with Crippen molar-refractivity contribution in [1.82, 2.24) is 5.01 Å². The summed E-state index contributed by atoms with van der Waals surface area (Å²) in [5.74, 6) is 5.03. The fraction of sp³-hybridized carbons (Fsp3) is 0.300. The molecule has 4 N–H and O–H groups in total. The van der Waals surface area contributed by atoms with E-state index in [0.717, 1.165) is 15.5 Å². The Balaban J connectivity index is 2.82. The number of hydrogen-bond acceptors (Lipinski definition) is 4. The molecule has 0 heterocycles. The van der Waals surface area contributed by atoms with Crippen LogP contribution in [-0.2, 0) is 4.79 Å². The van der Waals surface area contributed by atoms with Gasteiger partial charge in [-0.05, 0) is 24.0 Å². The Labute approximate surface area is 93.6 Å². The Bertz CT molecular complexity index is 337. The molecule has 1 amide bonds. The third-order valence-corrected chi connectivity index (χ3v) is 2.83. The van der Waals surface area contributed by atoms with Crippen LogP contribution in [0, 0.1) is 0 Å². The number of nitrogens with two attached hydrogens (primary N) is 2. The molecule has 4 nitrogen and oxygen atoms in total. The fourth-order valence-electron chi connectivity index (χ4n) is 1.17. The molecule has 0 bridgehead atoms. The standard InChI is InChI=1S/C10H15N3OS/c1-13(12)10(14)9(11)7-3-5-8(15-2)6-4-7/h3-6,9H,11-12H2,1-2H3. The van der Waals surface area contributed by atoms with E-state index < -0.39 is 6.04 Å². The summed E-state index contributed by atoms with van der Waals surface area (Å²) >= 11 is 1.64. The van der Waals surface area contributed by atoms with Crippen LogP contribution in [0.15, 0.2) is 29.2 Å². The number of rotatable bonds is 3. The van der Waals surface area contributed by atoms with Crippen LogP contribution in [0.4, 0.5) is 0 Å². The Hall–Kier alpha value is -1.04. The molecule has 82 valence electrons. The number of thioether (sulfide) groups is 1. The van der Waals surface area contributed by atoms with E-state index in [-0.39, 0.29) is 5.91 Å². The third-order valence-electron chi connectivity index (χ3n) is 2.09. The lowest BCUT2D eigenvalue weighted by Gasteiger charge is -2.16. The van der Waals surface area contributed by atoms with Crippen molar-refractivity contribution in [1.29, 1.82) is 0 Å². The molecule has 1 unspecified atom stereocenters. The summed E-state index contributed by atoms with van der Waals surface area (Å²) in [6, 6.07) is 6.87. The van der Waals surface area contributed by atoms with Gasteiger partial charge < -0.3 is 5.73 Å². The van der Waals surface area contributed by atoms with E-state index in [1.807, 2.05) is 30.5 Å². The van der Waals surface area contributed by atoms with Crippen LogP contribution in [0.1, 0.15) is 11.6 Å². The van der Waals surface area contributed by atoms with Crippen LogP contribution < -0.4 is 11.6 Å². The highest BCUT2D eigenvalue weighted by molar-refractivity contribution is 7.98. The molecule has 0 aliphatic heterocycles. The van der Waals surface area contributed by atoms with Gasteiger partial charge in [0.15, 0.2) is 0 Å². The van der Waals surface area contributed by atoms with Gasteiger partial charge in [-0.2, -0.15) is 0 Å². The number of benzene rings is 1. The summed E-state index contributed by atoms with van der Waals surface area (Å²) in [5.41, 5.74) is 6.53. The minimum absolute atomic E-state index is 0.299. The van der Waals surface area contributed by atoms with Crippen LogP contribution in [0.2, 0.25) is 0 Å². The minimum atomic E-state index is -0.684. The number of amides is 1. The van der Waals surface area contributed by atoms with Gasteiger partial charge in [-0.3, -0.25) is 9.80 Å². The number of hydrogen-bond donors (Lipinski definition) is 2. The highest BCUT2D eigenvalue weighted by atomic mass is 32.2. The van der Waals surface area contributed by atoms with Crippen LogP contribution in [0.3, 0.4) is 0 Å². The molecular weight excluding hydrogens is 210 g/mol. The fourth-order valence-corrected chi connectivity index (χ4v) is 1.58. The van der Waals surface area contributed by atoms with Crippen molar-refractivity contribution >= 4 is 17.7 Å². The Kier molecular flexibility index (Phi) is 4.14. The van der Waals surface area contributed by atoms with Crippen molar-refractivity contribution in [3.8, 4) is 0 Å². The van der Waals surface area contributed by atoms with E-state index in [0.29, 0.717) is 0 Å². The van der Waals surface area contributed by atoms with Crippen molar-refractivity contribution in [2.75, 3.05) is 13.3 Å². The molecule has 0 saturated carbocycles. The lowest BCUT2D eigenvalue weighted by atomic mass is 10.1. The molecule has 0 aliphatic rings. The molecule has 0 aromatic heterocycles. The summed E-state index contributed by atoms with van der Waals surface area (Å²) in [6.45, 7) is 0. The molecule has 1 aromatic rings. The lowest BCUT2D eigenvalue weighted by molar-refractivity contribution is -0.131. The number of nitrogens with zero attached hydrogens (tertiary/aromatic N) is 1. The van der Waals surface area contributed by atoms with Gasteiger partial charge in [0.1, 0.15) is 6.04 Å². The van der Waals surface area contributed by atoms with Crippen molar-refractivity contribution in [2.24, 2.45) is 11.6 Å². The molecule has 0 aliphatic carbocycles. The smallest absolute Gasteiger partial charge is 0.257 e. The zero-order chi connectivity index (χ0) is 11.4. The maximum atomic E-state index is 11.5. The van der Waals surface area contributed by atoms with Gasteiger partial charge >= 0.3 is 0 Å². The molecule has 0 fully saturated rings. The zero-order valence-electron chi connectivity index (χ0n) is 8.81. The Morgan fingerprint density at radius 1 is 1.40 bits per heavy atom. The second kappa shape index (κ2) is 5.16. The van der Waals surface area contributed by atoms with Crippen molar-refractivity contribution in [2.45, 2.75) is 10.9 Å². The van der Waals surface area contributed by atoms with E-state index >= 15 is 0 Å². The van der Waals surface area contributed by atoms with Gasteiger partial charge in [0.2, 0.25) is 0 Å². The maximum absolute atomic E-state index is 11.5. The number of hydrazine groups is 1. The second-order valence-electron chi connectivity index (χ2n) is 3.20. The molecule has 0 saturated heterocycles. The van der Waals surface area contributed by atoms with Crippen molar-refractivity contribution < 1.29 is 4.79 Å². The van der Waals surface area contributed by atoms with Gasteiger partial charge in [0, 0.05) is 11.9 Å². The normalized spacial score (nSPS) is 12.3. The largest absolute Gasteiger partial charge is 0.316 e.